The van der Waals surface area contributed by atoms with Crippen molar-refractivity contribution in [3.05, 3.63) is 64.2 Å². The molecule has 2 aromatic rings. The molecular weight excluding hydrogens is 381 g/mol. The fraction of sp³-hybridized carbons (Fsp3) is 0.458. The van der Waals surface area contributed by atoms with Gasteiger partial charge in [-0.05, 0) is 56.5 Å². The maximum Gasteiger partial charge on any atom is 0.139 e. The summed E-state index contributed by atoms with van der Waals surface area (Å²) in [7, 11) is 0. The van der Waals surface area contributed by atoms with Crippen molar-refractivity contribution in [1.29, 1.82) is 0 Å². The summed E-state index contributed by atoms with van der Waals surface area (Å²) in [6.07, 6.45) is 1.58. The number of pyridine rings is 1. The Hall–Kier alpha value is -2.60. The zero-order chi connectivity index (χ0) is 21.5. The number of rotatable bonds is 6. The van der Waals surface area contributed by atoms with Crippen LogP contribution in [-0.2, 0) is 17.8 Å². The molecule has 0 amide bonds. The van der Waals surface area contributed by atoms with E-state index in [0.29, 0.717) is 6.54 Å². The lowest BCUT2D eigenvalue weighted by molar-refractivity contribution is -0.120. The Morgan fingerprint density at radius 1 is 1.27 bits per heavy atom. The predicted octanol–water partition coefficient (Wildman–Crippen LogP) is 3.55. The topological polar surface area (TPSA) is 65.8 Å². The second kappa shape index (κ2) is 7.91. The summed E-state index contributed by atoms with van der Waals surface area (Å²) in [6.45, 7) is 8.06. The van der Waals surface area contributed by atoms with Gasteiger partial charge in [0.2, 0.25) is 0 Å². The van der Waals surface area contributed by atoms with Gasteiger partial charge >= 0.3 is 0 Å². The maximum atomic E-state index is 13.3. The first-order chi connectivity index (χ1) is 14.2. The monoisotopic (exact) mass is 409 g/mol. The molecule has 0 aliphatic carbocycles. The highest BCUT2D eigenvalue weighted by Crippen LogP contribution is 2.32. The number of hydrogen-bond acceptors (Lipinski definition) is 5. The van der Waals surface area contributed by atoms with Crippen LogP contribution in [0.2, 0.25) is 0 Å². The maximum absolute atomic E-state index is 13.3. The molecular formula is C24H28FN3O2. The van der Waals surface area contributed by atoms with Crippen molar-refractivity contribution >= 4 is 11.6 Å². The third-order valence-electron chi connectivity index (χ3n) is 6.05. The Kier molecular flexibility index (Phi) is 5.45. The largest absolute Gasteiger partial charge is 0.390 e. The van der Waals surface area contributed by atoms with E-state index in [2.05, 4.69) is 14.9 Å². The van der Waals surface area contributed by atoms with Crippen LogP contribution in [0.15, 0.2) is 35.3 Å². The molecule has 0 radical (unpaired) electrons. The smallest absolute Gasteiger partial charge is 0.139 e. The summed E-state index contributed by atoms with van der Waals surface area (Å²) >= 11 is 0. The SMILES string of the molecule is Cc1nc(CC(=O)C[C@@H](c2ccc(F)cc2)C(C)(C)O)cc2c1C(N1CCC1)=NC2. The van der Waals surface area contributed by atoms with Crippen molar-refractivity contribution in [2.45, 2.75) is 58.1 Å². The fourth-order valence-corrected chi connectivity index (χ4v) is 4.33. The summed E-state index contributed by atoms with van der Waals surface area (Å²) in [4.78, 5) is 24.5. The number of carbonyl (C=O) groups excluding carboxylic acids is 1. The van der Waals surface area contributed by atoms with E-state index in [1.807, 2.05) is 13.0 Å². The van der Waals surface area contributed by atoms with E-state index >= 15 is 0 Å². The number of aliphatic imine (C=N–C) groups is 1. The molecule has 1 aromatic heterocycles. The van der Waals surface area contributed by atoms with Gasteiger partial charge < -0.3 is 10.0 Å². The van der Waals surface area contributed by atoms with Crippen LogP contribution < -0.4 is 0 Å². The highest BCUT2D eigenvalue weighted by molar-refractivity contribution is 6.03. The van der Waals surface area contributed by atoms with Gasteiger partial charge in [-0.2, -0.15) is 0 Å². The minimum absolute atomic E-state index is 0.000168. The quantitative estimate of drug-likeness (QED) is 0.792. The van der Waals surface area contributed by atoms with Crippen molar-refractivity contribution in [3.63, 3.8) is 0 Å². The number of Topliss-reactive ketones (excluding diaryl/α,β-unsaturated/α-hetero) is 1. The second-order valence-electron chi connectivity index (χ2n) is 8.89. The Bertz CT molecular complexity index is 989. The minimum atomic E-state index is -1.10. The average Bonchev–Trinajstić information content (AvgIpc) is 3.02. The number of hydrogen-bond donors (Lipinski definition) is 1. The first kappa shape index (κ1) is 20.7. The molecule has 30 heavy (non-hydrogen) atoms. The van der Waals surface area contributed by atoms with Crippen LogP contribution >= 0.6 is 0 Å². The second-order valence-corrected chi connectivity index (χ2v) is 8.89. The zero-order valence-electron chi connectivity index (χ0n) is 17.8. The van der Waals surface area contributed by atoms with Gasteiger partial charge in [0, 0.05) is 48.8 Å². The molecule has 158 valence electrons. The highest BCUT2D eigenvalue weighted by Gasteiger charge is 2.31. The van der Waals surface area contributed by atoms with E-state index in [4.69, 9.17) is 0 Å². The number of aryl methyl sites for hydroxylation is 1. The Labute approximate surface area is 176 Å². The average molecular weight is 410 g/mol. The summed E-state index contributed by atoms with van der Waals surface area (Å²) in [5.41, 5.74) is 3.55. The molecule has 2 aliphatic rings. The molecule has 5 nitrogen and oxygen atoms in total. The van der Waals surface area contributed by atoms with Crippen LogP contribution in [0, 0.1) is 12.7 Å². The molecule has 1 atom stereocenters. The van der Waals surface area contributed by atoms with Crippen LogP contribution in [0.25, 0.3) is 0 Å². The lowest BCUT2D eigenvalue weighted by atomic mass is 9.80. The summed E-state index contributed by atoms with van der Waals surface area (Å²) < 4.78 is 13.3. The Balaban J connectivity index is 1.49. The third-order valence-corrected chi connectivity index (χ3v) is 6.05. The minimum Gasteiger partial charge on any atom is -0.390 e. The number of carbonyl (C=O) groups is 1. The number of nitrogens with zero attached hydrogens (tertiary/aromatic N) is 3. The van der Waals surface area contributed by atoms with Crippen molar-refractivity contribution in [1.82, 2.24) is 9.88 Å². The highest BCUT2D eigenvalue weighted by atomic mass is 19.1. The third kappa shape index (κ3) is 4.15. The predicted molar refractivity (Wildman–Crippen MR) is 114 cm³/mol. The standard InChI is InChI=1S/C24H28FN3O2/c1-15-22-17(14-26-23(22)28-9-4-10-28)11-19(27-15)12-20(29)13-21(24(2,3)30)16-5-7-18(25)8-6-16/h5-8,11,21,30H,4,9-10,12-14H2,1-3H3/t21-/m0/s1. The molecule has 1 N–H and O–H groups in total. The van der Waals surface area contributed by atoms with Gasteiger partial charge in [-0.15, -0.1) is 0 Å². The first-order valence-electron chi connectivity index (χ1n) is 10.5. The number of amidine groups is 1. The van der Waals surface area contributed by atoms with Crippen molar-refractivity contribution in [2.75, 3.05) is 13.1 Å². The molecule has 3 heterocycles. The van der Waals surface area contributed by atoms with Crippen LogP contribution in [0.3, 0.4) is 0 Å². The van der Waals surface area contributed by atoms with Crippen molar-refractivity contribution in [3.8, 4) is 0 Å². The van der Waals surface area contributed by atoms with Gasteiger partial charge in [0.05, 0.1) is 12.1 Å². The van der Waals surface area contributed by atoms with E-state index in [1.165, 1.54) is 18.6 Å². The van der Waals surface area contributed by atoms with Gasteiger partial charge in [-0.1, -0.05) is 12.1 Å². The summed E-state index contributed by atoms with van der Waals surface area (Å²) in [5.74, 6) is 0.289. The van der Waals surface area contributed by atoms with Crippen LogP contribution in [-0.4, -0.2) is 45.3 Å². The lowest BCUT2D eigenvalue weighted by Gasteiger charge is -2.33. The molecule has 1 saturated heterocycles. The summed E-state index contributed by atoms with van der Waals surface area (Å²) in [6, 6.07) is 7.99. The Morgan fingerprint density at radius 3 is 2.57 bits per heavy atom. The molecule has 2 aliphatic heterocycles. The van der Waals surface area contributed by atoms with Gasteiger partial charge in [0.25, 0.3) is 0 Å². The molecule has 0 spiro atoms. The van der Waals surface area contributed by atoms with Crippen molar-refractivity contribution in [2.24, 2.45) is 4.99 Å². The van der Waals surface area contributed by atoms with E-state index < -0.39 is 11.5 Å². The molecule has 0 bridgehead atoms. The zero-order valence-corrected chi connectivity index (χ0v) is 17.8. The Morgan fingerprint density at radius 2 is 1.97 bits per heavy atom. The number of fused-ring (bicyclic) bond motifs is 1. The molecule has 0 unspecified atom stereocenters. The van der Waals surface area contributed by atoms with Gasteiger partial charge in [0.1, 0.15) is 17.4 Å². The number of aromatic nitrogens is 1. The normalized spacial score (nSPS) is 16.7. The molecule has 4 rings (SSSR count). The van der Waals surface area contributed by atoms with E-state index in [0.717, 1.165) is 47.0 Å². The molecule has 1 fully saturated rings. The van der Waals surface area contributed by atoms with Gasteiger partial charge in [0.15, 0.2) is 0 Å². The molecule has 6 heteroatoms. The molecule has 0 saturated carbocycles. The number of likely N-dealkylation sites (tertiary alicyclic amines) is 1. The summed E-state index contributed by atoms with van der Waals surface area (Å²) in [5, 5.41) is 10.6. The van der Waals surface area contributed by atoms with Crippen molar-refractivity contribution < 1.29 is 14.3 Å². The number of aliphatic hydroxyl groups is 1. The van der Waals surface area contributed by atoms with Crippen LogP contribution in [0.1, 0.15) is 60.7 Å². The number of halogens is 1. The molecule has 1 aromatic carbocycles. The number of ketones is 1. The van der Waals surface area contributed by atoms with E-state index in [9.17, 15) is 14.3 Å². The fourth-order valence-electron chi connectivity index (χ4n) is 4.33. The number of benzene rings is 1. The lowest BCUT2D eigenvalue weighted by Crippen LogP contribution is -2.42. The first-order valence-corrected chi connectivity index (χ1v) is 10.5. The van der Waals surface area contributed by atoms with E-state index in [1.54, 1.807) is 26.0 Å². The van der Waals surface area contributed by atoms with Crippen LogP contribution in [0.4, 0.5) is 4.39 Å². The van der Waals surface area contributed by atoms with Gasteiger partial charge in [-0.25, -0.2) is 4.39 Å². The van der Waals surface area contributed by atoms with E-state index in [-0.39, 0.29) is 24.4 Å². The van der Waals surface area contributed by atoms with Gasteiger partial charge in [-0.3, -0.25) is 14.8 Å². The van der Waals surface area contributed by atoms with Crippen LogP contribution in [0.5, 0.6) is 0 Å².